The molecule has 0 saturated carbocycles. The van der Waals surface area contributed by atoms with E-state index in [4.69, 9.17) is 15.0 Å². The summed E-state index contributed by atoms with van der Waals surface area (Å²) in [5, 5.41) is 8.41. The second-order valence-electron chi connectivity index (χ2n) is 7.21. The Hall–Kier alpha value is -3.47. The summed E-state index contributed by atoms with van der Waals surface area (Å²) in [6, 6.07) is 4.32. The second kappa shape index (κ2) is 11.2. The van der Waals surface area contributed by atoms with Gasteiger partial charge in [0.05, 0.1) is 32.8 Å². The van der Waals surface area contributed by atoms with Crippen LogP contribution < -0.4 is 10.6 Å². The highest BCUT2D eigenvalue weighted by Gasteiger charge is 2.39. The minimum absolute atomic E-state index is 0.118. The summed E-state index contributed by atoms with van der Waals surface area (Å²) >= 11 is 0. The Balaban J connectivity index is 1.48. The fourth-order valence-corrected chi connectivity index (χ4v) is 3.55. The van der Waals surface area contributed by atoms with Crippen molar-refractivity contribution >= 4 is 29.3 Å². The van der Waals surface area contributed by atoms with Crippen molar-refractivity contribution in [2.24, 2.45) is 5.11 Å². The Morgan fingerprint density at radius 3 is 2.75 bits per heavy atom. The van der Waals surface area contributed by atoms with Crippen molar-refractivity contribution in [3.05, 3.63) is 39.8 Å². The number of piperidine rings is 1. The van der Waals surface area contributed by atoms with Gasteiger partial charge in [-0.05, 0) is 24.1 Å². The predicted molar refractivity (Wildman–Crippen MR) is 111 cm³/mol. The molecule has 0 aliphatic carbocycles. The zero-order valence-corrected chi connectivity index (χ0v) is 17.4. The molecule has 1 atom stereocenters. The average molecular weight is 444 g/mol. The van der Waals surface area contributed by atoms with E-state index in [1.54, 1.807) is 18.2 Å². The van der Waals surface area contributed by atoms with Gasteiger partial charge >= 0.3 is 0 Å². The van der Waals surface area contributed by atoms with E-state index in [1.165, 1.54) is 4.90 Å². The fourth-order valence-electron chi connectivity index (χ4n) is 3.55. The fraction of sp³-hybridized carbons (Fsp3) is 0.500. The summed E-state index contributed by atoms with van der Waals surface area (Å²) in [4.78, 5) is 52.7. The van der Waals surface area contributed by atoms with E-state index in [-0.39, 0.29) is 56.7 Å². The van der Waals surface area contributed by atoms with E-state index in [9.17, 15) is 19.2 Å². The first kappa shape index (κ1) is 23.2. The molecule has 12 nitrogen and oxygen atoms in total. The summed E-state index contributed by atoms with van der Waals surface area (Å²) in [5.41, 5.74) is 9.73. The number of hydrogen-bond donors (Lipinski definition) is 2. The lowest BCUT2D eigenvalue weighted by molar-refractivity contribution is -0.137. The summed E-state index contributed by atoms with van der Waals surface area (Å²) < 4.78 is 10.5. The van der Waals surface area contributed by atoms with Crippen molar-refractivity contribution in [2.75, 3.05) is 38.3 Å². The molecule has 1 fully saturated rings. The van der Waals surface area contributed by atoms with Gasteiger partial charge in [0.2, 0.25) is 17.7 Å². The molecule has 1 aromatic rings. The van der Waals surface area contributed by atoms with Gasteiger partial charge in [-0.3, -0.25) is 24.5 Å². The Morgan fingerprint density at radius 2 is 2.00 bits per heavy atom. The number of fused-ring (bicyclic) bond motifs is 1. The number of carbonyl (C=O) groups excluding carboxylic acids is 4. The number of benzene rings is 1. The van der Waals surface area contributed by atoms with Gasteiger partial charge in [0.1, 0.15) is 6.04 Å². The highest BCUT2D eigenvalue weighted by atomic mass is 16.5. The number of rotatable bonds is 11. The van der Waals surface area contributed by atoms with Gasteiger partial charge in [-0.1, -0.05) is 11.2 Å². The van der Waals surface area contributed by atoms with Crippen molar-refractivity contribution in [1.82, 2.24) is 10.2 Å². The zero-order valence-electron chi connectivity index (χ0n) is 17.4. The third-order valence-corrected chi connectivity index (χ3v) is 5.10. The van der Waals surface area contributed by atoms with Crippen LogP contribution in [0.4, 0.5) is 5.69 Å². The van der Waals surface area contributed by atoms with E-state index in [0.717, 1.165) is 0 Å². The van der Waals surface area contributed by atoms with E-state index in [0.29, 0.717) is 36.6 Å². The molecule has 0 radical (unpaired) electrons. The lowest BCUT2D eigenvalue weighted by atomic mass is 10.0. The van der Waals surface area contributed by atoms with Crippen LogP contribution in [0.2, 0.25) is 0 Å². The Labute approximate surface area is 183 Å². The Kier molecular flexibility index (Phi) is 8.14. The van der Waals surface area contributed by atoms with Crippen LogP contribution in [-0.2, 0) is 30.4 Å². The molecule has 170 valence electrons. The molecule has 0 spiro atoms. The molecule has 1 unspecified atom stereocenters. The zero-order chi connectivity index (χ0) is 22.9. The molecule has 2 aliphatic rings. The monoisotopic (exact) mass is 444 g/mol. The SMILES string of the molecule is [N-]=[N+]=NCCOCCOCCC(=O)Nc1cccc2c1CN(C1CCC(=O)NC1=O)C2=O. The number of ether oxygens (including phenoxy) is 2. The largest absolute Gasteiger partial charge is 0.379 e. The number of anilines is 1. The van der Waals surface area contributed by atoms with Crippen LogP contribution in [0.25, 0.3) is 10.4 Å². The minimum Gasteiger partial charge on any atom is -0.379 e. The van der Waals surface area contributed by atoms with Gasteiger partial charge in [0.25, 0.3) is 5.91 Å². The molecule has 3 rings (SSSR count). The van der Waals surface area contributed by atoms with Gasteiger partial charge in [-0.15, -0.1) is 0 Å². The lowest BCUT2D eigenvalue weighted by Gasteiger charge is -2.29. The molecule has 1 saturated heterocycles. The molecule has 2 aliphatic heterocycles. The molecular weight excluding hydrogens is 420 g/mol. The number of carbonyl (C=O) groups is 4. The van der Waals surface area contributed by atoms with Gasteiger partial charge in [-0.25, -0.2) is 0 Å². The Bertz CT molecular complexity index is 945. The number of nitrogens with zero attached hydrogens (tertiary/aromatic N) is 4. The quantitative estimate of drug-likeness (QED) is 0.171. The smallest absolute Gasteiger partial charge is 0.255 e. The first-order valence-electron chi connectivity index (χ1n) is 10.2. The lowest BCUT2D eigenvalue weighted by Crippen LogP contribution is -2.52. The molecule has 2 heterocycles. The summed E-state index contributed by atoms with van der Waals surface area (Å²) in [7, 11) is 0. The van der Waals surface area contributed by atoms with Crippen molar-refractivity contribution in [3.63, 3.8) is 0 Å². The molecule has 0 bridgehead atoms. The topological polar surface area (TPSA) is 163 Å². The highest BCUT2D eigenvalue weighted by molar-refractivity contribution is 6.06. The van der Waals surface area contributed by atoms with Gasteiger partial charge in [0, 0.05) is 41.2 Å². The van der Waals surface area contributed by atoms with Crippen molar-refractivity contribution < 1.29 is 28.7 Å². The van der Waals surface area contributed by atoms with Crippen LogP contribution in [0, 0.1) is 0 Å². The molecule has 12 heteroatoms. The van der Waals surface area contributed by atoms with Crippen LogP contribution in [0.15, 0.2) is 23.3 Å². The standard InChI is InChI=1S/C20H24N6O6/c21-25-22-7-9-32-11-10-31-8-6-18(28)23-15-3-1-2-13-14(15)12-26(20(13)30)16-4-5-17(27)24-19(16)29/h1-3,16H,4-12H2,(H,23,28)(H,24,27,29). The number of imide groups is 1. The number of hydrogen-bond acceptors (Lipinski definition) is 7. The Morgan fingerprint density at radius 1 is 1.22 bits per heavy atom. The normalized spacial score (nSPS) is 17.6. The van der Waals surface area contributed by atoms with Crippen molar-refractivity contribution in [3.8, 4) is 0 Å². The molecule has 1 aromatic carbocycles. The van der Waals surface area contributed by atoms with Crippen molar-refractivity contribution in [1.29, 1.82) is 0 Å². The van der Waals surface area contributed by atoms with Crippen LogP contribution >= 0.6 is 0 Å². The third kappa shape index (κ3) is 5.82. The molecule has 2 N–H and O–H groups in total. The maximum absolute atomic E-state index is 12.8. The van der Waals surface area contributed by atoms with E-state index < -0.39 is 11.9 Å². The molecule has 4 amide bonds. The summed E-state index contributed by atoms with van der Waals surface area (Å²) in [6.45, 7) is 1.57. The van der Waals surface area contributed by atoms with E-state index >= 15 is 0 Å². The molecule has 32 heavy (non-hydrogen) atoms. The third-order valence-electron chi connectivity index (χ3n) is 5.10. The van der Waals surface area contributed by atoms with E-state index in [1.807, 2.05) is 0 Å². The van der Waals surface area contributed by atoms with Gasteiger partial charge in [0.15, 0.2) is 0 Å². The number of amides is 4. The second-order valence-corrected chi connectivity index (χ2v) is 7.21. The number of nitrogens with one attached hydrogen (secondary N) is 2. The minimum atomic E-state index is -0.710. The first-order valence-corrected chi connectivity index (χ1v) is 10.2. The molecular formula is C20H24N6O6. The van der Waals surface area contributed by atoms with Crippen LogP contribution in [-0.4, -0.2) is 67.5 Å². The predicted octanol–water partition coefficient (Wildman–Crippen LogP) is 1.12. The first-order chi connectivity index (χ1) is 15.5. The van der Waals surface area contributed by atoms with Gasteiger partial charge in [-0.2, -0.15) is 0 Å². The van der Waals surface area contributed by atoms with Crippen LogP contribution in [0.3, 0.4) is 0 Å². The maximum Gasteiger partial charge on any atom is 0.255 e. The van der Waals surface area contributed by atoms with Crippen molar-refractivity contribution in [2.45, 2.75) is 31.8 Å². The summed E-state index contributed by atoms with van der Waals surface area (Å²) in [5.74, 6) is -1.39. The average Bonchev–Trinajstić information content (AvgIpc) is 3.10. The van der Waals surface area contributed by atoms with Gasteiger partial charge < -0.3 is 19.7 Å². The summed E-state index contributed by atoms with van der Waals surface area (Å²) in [6.07, 6.45) is 0.574. The maximum atomic E-state index is 12.8. The van der Waals surface area contributed by atoms with E-state index in [2.05, 4.69) is 20.7 Å². The number of azide groups is 1. The van der Waals surface area contributed by atoms with Crippen LogP contribution in [0.5, 0.6) is 0 Å². The molecule has 0 aromatic heterocycles. The highest BCUT2D eigenvalue weighted by Crippen LogP contribution is 2.32. The van der Waals surface area contributed by atoms with Crippen LogP contribution in [0.1, 0.15) is 35.2 Å².